The van der Waals surface area contributed by atoms with Gasteiger partial charge in [-0.2, -0.15) is 0 Å². The number of hydrogen-bond donors (Lipinski definition) is 3. The van der Waals surface area contributed by atoms with Crippen LogP contribution in [0, 0.1) is 17.0 Å². The fraction of sp³-hybridized carbons (Fsp3) is 0.0714. The Kier molecular flexibility index (Phi) is 4.15. The van der Waals surface area contributed by atoms with E-state index in [1.165, 1.54) is 6.07 Å². The van der Waals surface area contributed by atoms with Gasteiger partial charge in [-0.3, -0.25) is 20.8 Å². The number of hydrogen-bond acceptors (Lipinski definition) is 5. The molecule has 0 saturated heterocycles. The van der Waals surface area contributed by atoms with E-state index in [-0.39, 0.29) is 11.6 Å². The smallest absolute Gasteiger partial charge is 0.274 e. The Hall–Kier alpha value is -2.93. The van der Waals surface area contributed by atoms with E-state index in [0.29, 0.717) is 22.5 Å². The molecule has 0 atom stereocenters. The largest absolute Gasteiger partial charge is 0.324 e. The molecule has 0 aromatic heterocycles. The van der Waals surface area contributed by atoms with Gasteiger partial charge in [0.25, 0.3) is 11.6 Å². The Bertz CT molecular complexity index is 683. The van der Waals surface area contributed by atoms with E-state index in [1.54, 1.807) is 43.3 Å². The lowest BCUT2D eigenvalue weighted by molar-refractivity contribution is -0.385. The molecule has 0 aliphatic rings. The molecule has 0 fully saturated rings. The van der Waals surface area contributed by atoms with Crippen molar-refractivity contribution < 1.29 is 9.72 Å². The average Bonchev–Trinajstić information content (AvgIpc) is 2.49. The van der Waals surface area contributed by atoms with Gasteiger partial charge in [-0.05, 0) is 37.3 Å². The molecule has 0 radical (unpaired) electrons. The third-order valence-corrected chi connectivity index (χ3v) is 2.98. The van der Waals surface area contributed by atoms with Crippen molar-refractivity contribution in [2.45, 2.75) is 6.92 Å². The number of aryl methyl sites for hydroxylation is 1. The van der Waals surface area contributed by atoms with Gasteiger partial charge in [0.1, 0.15) is 0 Å². The minimum Gasteiger partial charge on any atom is -0.324 e. The molecule has 7 heteroatoms. The van der Waals surface area contributed by atoms with Crippen molar-refractivity contribution in [1.29, 1.82) is 0 Å². The molecule has 2 rings (SSSR count). The lowest BCUT2D eigenvalue weighted by Gasteiger charge is -2.07. The van der Waals surface area contributed by atoms with Gasteiger partial charge in [0, 0.05) is 28.6 Å². The van der Waals surface area contributed by atoms with Gasteiger partial charge < -0.3 is 10.7 Å². The molecule has 2 aromatic carbocycles. The van der Waals surface area contributed by atoms with Crippen molar-refractivity contribution in [3.05, 3.63) is 63.7 Å². The molecule has 0 saturated carbocycles. The summed E-state index contributed by atoms with van der Waals surface area (Å²) < 4.78 is 0. The molecule has 108 valence electrons. The van der Waals surface area contributed by atoms with Gasteiger partial charge in [0.05, 0.1) is 4.92 Å². The van der Waals surface area contributed by atoms with Gasteiger partial charge in [0.2, 0.25) is 0 Å². The molecular weight excluding hydrogens is 272 g/mol. The second-order valence-electron chi connectivity index (χ2n) is 4.43. The number of benzene rings is 2. The highest BCUT2D eigenvalue weighted by Crippen LogP contribution is 2.22. The van der Waals surface area contributed by atoms with E-state index in [4.69, 9.17) is 5.84 Å². The first-order chi connectivity index (χ1) is 10.0. The summed E-state index contributed by atoms with van der Waals surface area (Å²) in [5.74, 6) is 4.89. The molecular formula is C14H14N4O3. The second-order valence-corrected chi connectivity index (χ2v) is 4.43. The number of carbonyl (C=O) groups is 1. The van der Waals surface area contributed by atoms with Crippen LogP contribution in [0.3, 0.4) is 0 Å². The summed E-state index contributed by atoms with van der Waals surface area (Å²) in [7, 11) is 0. The lowest BCUT2D eigenvalue weighted by Crippen LogP contribution is -2.12. The van der Waals surface area contributed by atoms with E-state index in [1.807, 2.05) is 0 Å². The SMILES string of the molecule is Cc1ccc(NC(=O)c2ccc(NN)cc2)cc1[N+](=O)[O-]. The Balaban J connectivity index is 2.19. The van der Waals surface area contributed by atoms with Crippen LogP contribution in [0.5, 0.6) is 0 Å². The lowest BCUT2D eigenvalue weighted by atomic mass is 10.1. The number of nitro groups is 1. The predicted octanol–water partition coefficient (Wildman–Crippen LogP) is 2.44. The van der Waals surface area contributed by atoms with Crippen LogP contribution >= 0.6 is 0 Å². The molecule has 0 heterocycles. The first-order valence-corrected chi connectivity index (χ1v) is 6.14. The minimum atomic E-state index is -0.479. The summed E-state index contributed by atoms with van der Waals surface area (Å²) in [6.45, 7) is 1.64. The number of hydrazine groups is 1. The van der Waals surface area contributed by atoms with Gasteiger partial charge in [-0.1, -0.05) is 6.07 Å². The number of carbonyl (C=O) groups excluding carboxylic acids is 1. The van der Waals surface area contributed by atoms with Crippen molar-refractivity contribution in [3.8, 4) is 0 Å². The number of amides is 1. The maximum absolute atomic E-state index is 12.0. The molecule has 4 N–H and O–H groups in total. The van der Waals surface area contributed by atoms with E-state index in [9.17, 15) is 14.9 Å². The summed E-state index contributed by atoms with van der Waals surface area (Å²) in [4.78, 5) is 22.4. The second kappa shape index (κ2) is 6.02. The molecule has 7 nitrogen and oxygen atoms in total. The van der Waals surface area contributed by atoms with Gasteiger partial charge >= 0.3 is 0 Å². The van der Waals surface area contributed by atoms with E-state index in [0.717, 1.165) is 0 Å². The van der Waals surface area contributed by atoms with E-state index in [2.05, 4.69) is 10.7 Å². The van der Waals surface area contributed by atoms with Crippen LogP contribution in [-0.4, -0.2) is 10.8 Å². The third-order valence-electron chi connectivity index (χ3n) is 2.98. The van der Waals surface area contributed by atoms with Crippen molar-refractivity contribution in [1.82, 2.24) is 0 Å². The van der Waals surface area contributed by atoms with Crippen molar-refractivity contribution in [2.75, 3.05) is 10.7 Å². The highest BCUT2D eigenvalue weighted by atomic mass is 16.6. The van der Waals surface area contributed by atoms with E-state index >= 15 is 0 Å². The minimum absolute atomic E-state index is 0.0320. The topological polar surface area (TPSA) is 110 Å². The zero-order valence-corrected chi connectivity index (χ0v) is 11.3. The molecule has 1 amide bonds. The van der Waals surface area contributed by atoms with Crippen LogP contribution in [0.2, 0.25) is 0 Å². The third kappa shape index (κ3) is 3.34. The molecule has 0 spiro atoms. The van der Waals surface area contributed by atoms with E-state index < -0.39 is 4.92 Å². The average molecular weight is 286 g/mol. The number of rotatable bonds is 4. The Morgan fingerprint density at radius 3 is 2.33 bits per heavy atom. The first-order valence-electron chi connectivity index (χ1n) is 6.14. The number of nitro benzene ring substituents is 1. The Morgan fingerprint density at radius 1 is 1.14 bits per heavy atom. The number of anilines is 2. The molecule has 2 aromatic rings. The number of nitrogens with zero attached hydrogens (tertiary/aromatic N) is 1. The maximum atomic E-state index is 12.0. The summed E-state index contributed by atoms with van der Waals surface area (Å²) in [5, 5.41) is 13.5. The summed E-state index contributed by atoms with van der Waals surface area (Å²) in [6, 6.07) is 11.1. The molecule has 0 unspecified atom stereocenters. The summed E-state index contributed by atoms with van der Waals surface area (Å²) in [5.41, 5.74) is 4.45. The normalized spacial score (nSPS) is 10.0. The first kappa shape index (κ1) is 14.5. The maximum Gasteiger partial charge on any atom is 0.274 e. The Labute approximate surface area is 120 Å². The highest BCUT2D eigenvalue weighted by Gasteiger charge is 2.13. The van der Waals surface area contributed by atoms with Crippen molar-refractivity contribution >= 4 is 23.0 Å². The fourth-order valence-corrected chi connectivity index (χ4v) is 1.80. The quantitative estimate of drug-likeness (QED) is 0.454. The predicted molar refractivity (Wildman–Crippen MR) is 80.0 cm³/mol. The number of nitrogens with one attached hydrogen (secondary N) is 2. The number of nitrogen functional groups attached to an aromatic ring is 1. The van der Waals surface area contributed by atoms with Crippen LogP contribution in [0.1, 0.15) is 15.9 Å². The van der Waals surface area contributed by atoms with Crippen LogP contribution < -0.4 is 16.6 Å². The van der Waals surface area contributed by atoms with Gasteiger partial charge in [-0.15, -0.1) is 0 Å². The van der Waals surface area contributed by atoms with Crippen LogP contribution in [0.25, 0.3) is 0 Å². The molecule has 21 heavy (non-hydrogen) atoms. The van der Waals surface area contributed by atoms with Crippen LogP contribution in [-0.2, 0) is 0 Å². The van der Waals surface area contributed by atoms with Gasteiger partial charge in [-0.25, -0.2) is 0 Å². The zero-order chi connectivity index (χ0) is 15.4. The highest BCUT2D eigenvalue weighted by molar-refractivity contribution is 6.04. The van der Waals surface area contributed by atoms with Crippen molar-refractivity contribution in [3.63, 3.8) is 0 Å². The zero-order valence-electron chi connectivity index (χ0n) is 11.3. The van der Waals surface area contributed by atoms with Crippen LogP contribution in [0.15, 0.2) is 42.5 Å². The van der Waals surface area contributed by atoms with Crippen molar-refractivity contribution in [2.24, 2.45) is 5.84 Å². The summed E-state index contributed by atoms with van der Waals surface area (Å²) >= 11 is 0. The summed E-state index contributed by atoms with van der Waals surface area (Å²) in [6.07, 6.45) is 0. The molecule has 0 aliphatic heterocycles. The fourth-order valence-electron chi connectivity index (χ4n) is 1.80. The standard InChI is InChI=1S/C14H14N4O3/c1-9-2-5-12(8-13(9)18(20)21)16-14(19)10-3-6-11(17-15)7-4-10/h2-8,17H,15H2,1H3,(H,16,19). The monoisotopic (exact) mass is 286 g/mol. The Morgan fingerprint density at radius 2 is 1.76 bits per heavy atom. The number of nitrogens with two attached hydrogens (primary N) is 1. The van der Waals surface area contributed by atoms with Gasteiger partial charge in [0.15, 0.2) is 0 Å². The molecule has 0 aliphatic carbocycles. The molecule has 0 bridgehead atoms. The van der Waals surface area contributed by atoms with Crippen LogP contribution in [0.4, 0.5) is 17.1 Å².